The second kappa shape index (κ2) is 9.37. The van der Waals surface area contributed by atoms with Crippen molar-refractivity contribution in [2.24, 2.45) is 5.92 Å². The minimum atomic E-state index is -0.763. The molecule has 0 aromatic heterocycles. The molecule has 0 aliphatic rings. The molecule has 0 aromatic rings. The second-order valence-electron chi connectivity index (χ2n) is 3.39. The Bertz CT molecular complexity index is 70.0. The third kappa shape index (κ3) is 9.19. The van der Waals surface area contributed by atoms with E-state index in [-0.39, 0.29) is 17.0 Å². The van der Waals surface area contributed by atoms with E-state index < -0.39 is 19.8 Å². The number of hydrogen-bond donors (Lipinski definition) is 0. The minimum absolute atomic E-state index is 0. The standard InChI is InChI=1S/C5H11.2C2H5.BrH.Sn/c1-4-5(2)3;2*1-2;;/h5H,1,4H2,2-3H3;2*1H2,2H3;1H;/q;;;;+1/p-1. The van der Waals surface area contributed by atoms with Gasteiger partial charge in [0.1, 0.15) is 0 Å². The molecule has 0 nitrogen and oxygen atoms in total. The van der Waals surface area contributed by atoms with Crippen molar-refractivity contribution in [3.05, 3.63) is 0 Å². The third-order valence-electron chi connectivity index (χ3n) is 2.08. The van der Waals surface area contributed by atoms with Crippen LogP contribution in [0.3, 0.4) is 0 Å². The molecule has 0 heterocycles. The van der Waals surface area contributed by atoms with Crippen LogP contribution in [0.5, 0.6) is 0 Å². The minimum Gasteiger partial charge on any atom is -1.00 e. The van der Waals surface area contributed by atoms with E-state index in [9.17, 15) is 0 Å². The molecule has 0 saturated heterocycles. The quantitative estimate of drug-likeness (QED) is 0.648. The summed E-state index contributed by atoms with van der Waals surface area (Å²) in [5, 5.41) is 0. The SMILES string of the molecule is C[CH2][Sn+]([CH2]C)[CH2]CC(C)C.[Br-]. The maximum absolute atomic E-state index is 2.39. The second-order valence-corrected chi connectivity index (χ2v) is 13.1. The van der Waals surface area contributed by atoms with Crippen molar-refractivity contribution in [2.45, 2.75) is 47.4 Å². The number of hydrogen-bond acceptors (Lipinski definition) is 0. The fourth-order valence-corrected chi connectivity index (χ4v) is 7.35. The summed E-state index contributed by atoms with van der Waals surface area (Å²) < 4.78 is 4.75. The molecule has 0 amide bonds. The molecule has 2 heteroatoms. The van der Waals surface area contributed by atoms with Crippen LogP contribution in [-0.2, 0) is 0 Å². The van der Waals surface area contributed by atoms with Crippen molar-refractivity contribution >= 4 is 19.8 Å². The molecule has 0 aliphatic heterocycles. The summed E-state index contributed by atoms with van der Waals surface area (Å²) in [6.07, 6.45) is 1.50. The van der Waals surface area contributed by atoms with Crippen LogP contribution in [0.1, 0.15) is 34.1 Å². The number of rotatable bonds is 5. The van der Waals surface area contributed by atoms with Crippen LogP contribution in [0, 0.1) is 5.92 Å². The van der Waals surface area contributed by atoms with Crippen molar-refractivity contribution in [1.82, 2.24) is 0 Å². The summed E-state index contributed by atoms with van der Waals surface area (Å²) in [5.74, 6) is 0.939. The largest absolute Gasteiger partial charge is 1.00 e. The smallest absolute Gasteiger partial charge is 1.00 e. The molecule has 0 atom stereocenters. The van der Waals surface area contributed by atoms with Crippen molar-refractivity contribution < 1.29 is 17.0 Å². The number of halogens is 1. The van der Waals surface area contributed by atoms with Gasteiger partial charge in [-0.2, -0.15) is 0 Å². The molecular formula is C9H21BrSn. The molecule has 0 aromatic carbocycles. The summed E-state index contributed by atoms with van der Waals surface area (Å²) in [6, 6.07) is 0. The molecule has 11 heavy (non-hydrogen) atoms. The van der Waals surface area contributed by atoms with Crippen LogP contribution in [0.25, 0.3) is 0 Å². The molecule has 68 valence electrons. The Morgan fingerprint density at radius 1 is 1.09 bits per heavy atom. The van der Waals surface area contributed by atoms with E-state index in [2.05, 4.69) is 27.7 Å². The molecule has 0 bridgehead atoms. The van der Waals surface area contributed by atoms with Crippen LogP contribution in [0.4, 0.5) is 0 Å². The zero-order valence-electron chi connectivity index (χ0n) is 8.28. The van der Waals surface area contributed by atoms with Gasteiger partial charge in [-0.15, -0.1) is 0 Å². The molecule has 0 radical (unpaired) electrons. The molecule has 0 saturated carbocycles. The maximum Gasteiger partial charge on any atom is -1.00 e. The van der Waals surface area contributed by atoms with Gasteiger partial charge in [0.15, 0.2) is 0 Å². The van der Waals surface area contributed by atoms with Gasteiger partial charge in [0.25, 0.3) is 0 Å². The summed E-state index contributed by atoms with van der Waals surface area (Å²) in [6.45, 7) is 9.45. The zero-order chi connectivity index (χ0) is 7.98. The first-order valence-corrected chi connectivity index (χ1v) is 10.6. The first kappa shape index (κ1) is 14.8. The fraction of sp³-hybridized carbons (Fsp3) is 1.00. The average molecular weight is 328 g/mol. The van der Waals surface area contributed by atoms with Gasteiger partial charge in [-0.05, 0) is 0 Å². The maximum atomic E-state index is 2.39. The molecule has 0 spiro atoms. The Morgan fingerprint density at radius 3 is 1.82 bits per heavy atom. The van der Waals surface area contributed by atoms with E-state index in [4.69, 9.17) is 0 Å². The fourth-order valence-electron chi connectivity index (χ4n) is 1.10. The van der Waals surface area contributed by atoms with Crippen LogP contribution in [0.2, 0.25) is 13.3 Å². The van der Waals surface area contributed by atoms with Crippen molar-refractivity contribution in [3.63, 3.8) is 0 Å². The monoisotopic (exact) mass is 328 g/mol. The van der Waals surface area contributed by atoms with Crippen molar-refractivity contribution in [2.75, 3.05) is 0 Å². The van der Waals surface area contributed by atoms with Crippen LogP contribution < -0.4 is 17.0 Å². The summed E-state index contributed by atoms with van der Waals surface area (Å²) in [7, 11) is 0. The van der Waals surface area contributed by atoms with Crippen LogP contribution in [0.15, 0.2) is 0 Å². The topological polar surface area (TPSA) is 0 Å². The van der Waals surface area contributed by atoms with E-state index in [1.54, 1.807) is 13.3 Å². The first-order chi connectivity index (χ1) is 4.70. The Hall–Kier alpha value is 1.28. The normalized spacial score (nSPS) is 9.55. The Kier molecular flexibility index (Phi) is 12.6. The molecule has 0 rings (SSSR count). The summed E-state index contributed by atoms with van der Waals surface area (Å²) in [4.78, 5) is 0. The van der Waals surface area contributed by atoms with Gasteiger partial charge in [0.05, 0.1) is 0 Å². The van der Waals surface area contributed by atoms with Crippen molar-refractivity contribution in [3.8, 4) is 0 Å². The van der Waals surface area contributed by atoms with Gasteiger partial charge in [0, 0.05) is 0 Å². The first-order valence-electron chi connectivity index (χ1n) is 4.54. The molecule has 0 fully saturated rings. The van der Waals surface area contributed by atoms with E-state index >= 15 is 0 Å². The van der Waals surface area contributed by atoms with E-state index in [0.29, 0.717) is 0 Å². The van der Waals surface area contributed by atoms with E-state index in [1.165, 1.54) is 6.42 Å². The summed E-state index contributed by atoms with van der Waals surface area (Å²) in [5.41, 5.74) is 0. The molecule has 0 aliphatic carbocycles. The Balaban J connectivity index is 0. The average Bonchev–Trinajstić information content (AvgIpc) is 1.90. The van der Waals surface area contributed by atoms with Crippen LogP contribution in [-0.4, -0.2) is 19.8 Å². The summed E-state index contributed by atoms with van der Waals surface area (Å²) >= 11 is -0.763. The molecule has 0 unspecified atom stereocenters. The van der Waals surface area contributed by atoms with E-state index in [1.807, 2.05) is 0 Å². The van der Waals surface area contributed by atoms with Crippen molar-refractivity contribution in [1.29, 1.82) is 0 Å². The molecular weight excluding hydrogens is 307 g/mol. The predicted octanol–water partition coefficient (Wildman–Crippen LogP) is 0.571. The van der Waals surface area contributed by atoms with Gasteiger partial charge in [-0.25, -0.2) is 0 Å². The van der Waals surface area contributed by atoms with Gasteiger partial charge in [-0.1, -0.05) is 0 Å². The Labute approximate surface area is 89.7 Å². The Morgan fingerprint density at radius 2 is 1.55 bits per heavy atom. The van der Waals surface area contributed by atoms with Gasteiger partial charge < -0.3 is 17.0 Å². The predicted molar refractivity (Wildman–Crippen MR) is 51.0 cm³/mol. The zero-order valence-corrected chi connectivity index (χ0v) is 12.7. The molecule has 0 N–H and O–H groups in total. The van der Waals surface area contributed by atoms with Gasteiger partial charge >= 0.3 is 73.1 Å². The van der Waals surface area contributed by atoms with Gasteiger partial charge in [0.2, 0.25) is 0 Å². The third-order valence-corrected chi connectivity index (χ3v) is 10.6. The van der Waals surface area contributed by atoms with E-state index in [0.717, 1.165) is 5.92 Å². The van der Waals surface area contributed by atoms with Gasteiger partial charge in [-0.3, -0.25) is 0 Å². The van der Waals surface area contributed by atoms with Crippen LogP contribution >= 0.6 is 0 Å².